The molecule has 1 N–H and O–H groups in total. The summed E-state index contributed by atoms with van der Waals surface area (Å²) in [5, 5.41) is 8.96. The van der Waals surface area contributed by atoms with Crippen molar-refractivity contribution in [2.24, 2.45) is 0 Å². The molecule has 2 aromatic heterocycles. The van der Waals surface area contributed by atoms with Crippen LogP contribution in [0.5, 0.6) is 0 Å². The van der Waals surface area contributed by atoms with Gasteiger partial charge < -0.3 is 9.73 Å². The Morgan fingerprint density at radius 3 is 2.60 bits per heavy atom. The molecule has 8 heteroatoms. The second-order valence-electron chi connectivity index (χ2n) is 7.55. The largest absolute Gasteiger partial charge is 0.437 e. The highest BCUT2D eigenvalue weighted by molar-refractivity contribution is 7.13. The number of aryl methyl sites for hydroxylation is 1. The molecular formula is C22H26N4O3S. The normalized spacial score (nSPS) is 14.7. The van der Waals surface area contributed by atoms with Crippen LogP contribution in [0.3, 0.4) is 0 Å². The number of carbonyl (C=O) groups excluding carboxylic acids is 1. The molecule has 0 spiro atoms. The van der Waals surface area contributed by atoms with Crippen molar-refractivity contribution in [2.75, 3.05) is 13.1 Å². The Balaban J connectivity index is 1.22. The lowest BCUT2D eigenvalue weighted by Gasteiger charge is -2.26. The molecule has 4 rings (SSSR count). The van der Waals surface area contributed by atoms with Gasteiger partial charge in [0, 0.05) is 19.5 Å². The van der Waals surface area contributed by atoms with Gasteiger partial charge >= 0.3 is 5.76 Å². The Morgan fingerprint density at radius 2 is 1.87 bits per heavy atom. The molecule has 0 aliphatic carbocycles. The first kappa shape index (κ1) is 20.6. The van der Waals surface area contributed by atoms with E-state index >= 15 is 0 Å². The maximum absolute atomic E-state index is 12.2. The molecule has 3 heterocycles. The first-order chi connectivity index (χ1) is 14.7. The van der Waals surface area contributed by atoms with E-state index in [4.69, 9.17) is 4.42 Å². The van der Waals surface area contributed by atoms with Crippen LogP contribution < -0.4 is 11.1 Å². The number of benzene rings is 1. The monoisotopic (exact) mass is 426 g/mol. The average molecular weight is 427 g/mol. The number of rotatable bonds is 8. The highest BCUT2D eigenvalue weighted by Gasteiger charge is 2.13. The molecule has 0 bridgehead atoms. The second kappa shape index (κ2) is 9.86. The number of hydrogen-bond donors (Lipinski definition) is 1. The van der Waals surface area contributed by atoms with E-state index in [0.717, 1.165) is 17.0 Å². The minimum atomic E-state index is -0.546. The fraction of sp³-hybridized carbons (Fsp3) is 0.409. The molecule has 3 aromatic rings. The number of aromatic nitrogens is 2. The number of nitrogens with one attached hydrogen (secondary N) is 1. The topological polar surface area (TPSA) is 80.4 Å². The number of likely N-dealkylation sites (tertiary alicyclic amines) is 1. The maximum Gasteiger partial charge on any atom is 0.437 e. The second-order valence-corrected chi connectivity index (χ2v) is 8.50. The van der Waals surface area contributed by atoms with Gasteiger partial charge in [-0.25, -0.2) is 4.79 Å². The van der Waals surface area contributed by atoms with E-state index < -0.39 is 5.76 Å². The molecule has 1 aromatic carbocycles. The fourth-order valence-corrected chi connectivity index (χ4v) is 4.23. The molecule has 7 nitrogen and oxygen atoms in total. The van der Waals surface area contributed by atoms with E-state index in [0.29, 0.717) is 12.4 Å². The van der Waals surface area contributed by atoms with Crippen LogP contribution >= 0.6 is 11.3 Å². The van der Waals surface area contributed by atoms with Crippen molar-refractivity contribution in [3.8, 4) is 10.8 Å². The zero-order valence-corrected chi connectivity index (χ0v) is 17.7. The van der Waals surface area contributed by atoms with Gasteiger partial charge in [-0.1, -0.05) is 36.8 Å². The number of thiophene rings is 1. The molecular weight excluding hydrogens is 400 g/mol. The summed E-state index contributed by atoms with van der Waals surface area (Å²) in [6, 6.07) is 12.1. The first-order valence-electron chi connectivity index (χ1n) is 10.4. The predicted molar refractivity (Wildman–Crippen MR) is 116 cm³/mol. The van der Waals surface area contributed by atoms with Crippen molar-refractivity contribution in [3.05, 3.63) is 63.5 Å². The lowest BCUT2D eigenvalue weighted by molar-refractivity contribution is -0.121. The van der Waals surface area contributed by atoms with Crippen molar-refractivity contribution in [1.82, 2.24) is 20.0 Å². The quantitative estimate of drug-likeness (QED) is 0.598. The first-order valence-corrected chi connectivity index (χ1v) is 11.2. The van der Waals surface area contributed by atoms with Gasteiger partial charge in [-0.3, -0.25) is 9.69 Å². The molecule has 1 aliphatic heterocycles. The summed E-state index contributed by atoms with van der Waals surface area (Å²) in [4.78, 5) is 27.4. The molecule has 1 saturated heterocycles. The summed E-state index contributed by atoms with van der Waals surface area (Å²) in [5.74, 6) is -0.379. The van der Waals surface area contributed by atoms with Gasteiger partial charge in [0.25, 0.3) is 5.89 Å². The number of nitrogens with zero attached hydrogens (tertiary/aromatic N) is 3. The maximum atomic E-state index is 12.2. The Hall–Kier alpha value is -2.71. The van der Waals surface area contributed by atoms with Crippen LogP contribution in [0, 0.1) is 0 Å². The molecule has 0 radical (unpaired) electrons. The van der Waals surface area contributed by atoms with Gasteiger partial charge in [-0.15, -0.1) is 16.4 Å². The standard InChI is InChI=1S/C22H26N4O3S/c27-20(10-13-26-22(28)29-21(24-26)19-5-4-14-30-19)23-15-17-6-8-18(9-7-17)16-25-11-2-1-3-12-25/h4-9,14H,1-3,10-13,15-16H2,(H,23,27). The third-order valence-corrected chi connectivity index (χ3v) is 6.11. The minimum Gasteiger partial charge on any atom is -0.387 e. The highest BCUT2D eigenvalue weighted by atomic mass is 32.1. The Labute approximate surface area is 179 Å². The van der Waals surface area contributed by atoms with Gasteiger partial charge in [-0.05, 0) is 48.5 Å². The van der Waals surface area contributed by atoms with Crippen LogP contribution in [0.2, 0.25) is 0 Å². The fourth-order valence-electron chi connectivity index (χ4n) is 3.58. The van der Waals surface area contributed by atoms with Crippen LogP contribution in [-0.4, -0.2) is 33.7 Å². The summed E-state index contributed by atoms with van der Waals surface area (Å²) >= 11 is 1.45. The molecule has 0 atom stereocenters. The number of carbonyl (C=O) groups is 1. The van der Waals surface area contributed by atoms with Crippen LogP contribution in [0.15, 0.2) is 51.0 Å². The zero-order valence-electron chi connectivity index (χ0n) is 16.9. The third kappa shape index (κ3) is 5.46. The Kier molecular flexibility index (Phi) is 6.76. The summed E-state index contributed by atoms with van der Waals surface area (Å²) < 4.78 is 6.36. The molecule has 1 aliphatic rings. The van der Waals surface area contributed by atoms with Crippen LogP contribution in [0.1, 0.15) is 36.8 Å². The van der Waals surface area contributed by atoms with Crippen molar-refractivity contribution < 1.29 is 9.21 Å². The number of hydrogen-bond acceptors (Lipinski definition) is 6. The van der Waals surface area contributed by atoms with E-state index in [1.807, 2.05) is 17.5 Å². The summed E-state index contributed by atoms with van der Waals surface area (Å²) in [6.07, 6.45) is 4.10. The summed E-state index contributed by atoms with van der Waals surface area (Å²) in [7, 11) is 0. The molecule has 0 saturated carbocycles. The SMILES string of the molecule is O=C(CCn1nc(-c2cccs2)oc1=O)NCc1ccc(CN2CCCCC2)cc1. The molecule has 1 amide bonds. The van der Waals surface area contributed by atoms with Gasteiger partial charge in [0.05, 0.1) is 11.4 Å². The molecule has 158 valence electrons. The van der Waals surface area contributed by atoms with Crippen molar-refractivity contribution in [2.45, 2.75) is 45.3 Å². The molecule has 30 heavy (non-hydrogen) atoms. The van der Waals surface area contributed by atoms with Crippen LogP contribution in [0.4, 0.5) is 0 Å². The predicted octanol–water partition coefficient (Wildman–Crippen LogP) is 3.26. The smallest absolute Gasteiger partial charge is 0.387 e. The van der Waals surface area contributed by atoms with Crippen LogP contribution in [0.25, 0.3) is 10.8 Å². The highest BCUT2D eigenvalue weighted by Crippen LogP contribution is 2.21. The zero-order chi connectivity index (χ0) is 20.8. The molecule has 0 unspecified atom stereocenters. The lowest BCUT2D eigenvalue weighted by Crippen LogP contribution is -2.29. The Morgan fingerprint density at radius 1 is 1.10 bits per heavy atom. The Bertz CT molecular complexity index is 1000. The van der Waals surface area contributed by atoms with Crippen molar-refractivity contribution in [3.63, 3.8) is 0 Å². The van der Waals surface area contributed by atoms with Crippen LogP contribution in [-0.2, 0) is 24.4 Å². The van der Waals surface area contributed by atoms with E-state index in [9.17, 15) is 9.59 Å². The third-order valence-electron chi connectivity index (χ3n) is 5.26. The summed E-state index contributed by atoms with van der Waals surface area (Å²) in [5.41, 5.74) is 2.36. The van der Waals surface area contributed by atoms with Gasteiger partial charge in [0.2, 0.25) is 5.91 Å². The van der Waals surface area contributed by atoms with E-state index in [-0.39, 0.29) is 18.9 Å². The van der Waals surface area contributed by atoms with Gasteiger partial charge in [-0.2, -0.15) is 4.68 Å². The van der Waals surface area contributed by atoms with Gasteiger partial charge in [0.15, 0.2) is 0 Å². The molecule has 1 fully saturated rings. The number of amides is 1. The summed E-state index contributed by atoms with van der Waals surface area (Å²) in [6.45, 7) is 4.01. The van der Waals surface area contributed by atoms with E-state index in [2.05, 4.69) is 39.6 Å². The lowest BCUT2D eigenvalue weighted by atomic mass is 10.1. The average Bonchev–Trinajstić information content (AvgIpc) is 3.42. The number of piperidine rings is 1. The van der Waals surface area contributed by atoms with Gasteiger partial charge in [0.1, 0.15) is 0 Å². The van der Waals surface area contributed by atoms with E-state index in [1.54, 1.807) is 0 Å². The van der Waals surface area contributed by atoms with E-state index in [1.165, 1.54) is 53.9 Å². The van der Waals surface area contributed by atoms with Crippen molar-refractivity contribution >= 4 is 17.2 Å². The van der Waals surface area contributed by atoms with Crippen molar-refractivity contribution in [1.29, 1.82) is 0 Å². The minimum absolute atomic E-state index is 0.125.